The molecule has 0 amide bonds. The Balaban J connectivity index is 2.10. The molecule has 8 heteroatoms. The van der Waals surface area contributed by atoms with Crippen molar-refractivity contribution in [3.05, 3.63) is 133 Å². The van der Waals surface area contributed by atoms with Gasteiger partial charge in [-0.15, -0.1) is 0 Å². The van der Waals surface area contributed by atoms with Gasteiger partial charge in [0.05, 0.1) is 0 Å². The first kappa shape index (κ1) is 30.4. The van der Waals surface area contributed by atoms with E-state index in [1.807, 2.05) is 69.4 Å². The van der Waals surface area contributed by atoms with Gasteiger partial charge in [-0.05, 0) is 20.8 Å². The zero-order valence-corrected chi connectivity index (χ0v) is 25.7. The van der Waals surface area contributed by atoms with E-state index < -0.39 is 0 Å². The minimum Gasteiger partial charge on any atom is -0.324 e. The monoisotopic (exact) mass is 590 g/mol. The molecule has 2 N–H and O–H groups in total. The third kappa shape index (κ3) is 5.45. The number of H-pyrrole nitrogens is 2. The predicted molar refractivity (Wildman–Crippen MR) is 190 cm³/mol. The van der Waals surface area contributed by atoms with Gasteiger partial charge in [-0.3, -0.25) is 0 Å². The summed E-state index contributed by atoms with van der Waals surface area (Å²) in [7, 11) is 0. The molecule has 222 valence electrons. The second kappa shape index (κ2) is 13.1. The Labute approximate surface area is 262 Å². The SMILES string of the molecule is C=C/C=C\C1=C(C=C)c2nc1nc1[nH]c(nc3nc(nc4[nH]c(n2)c(/C=C\C)c4C=C)C(/C=C\C)=C3C=C)c(/C=C\C)c1C=C. The molecule has 0 unspecified atom stereocenters. The molecule has 0 spiro atoms. The average Bonchev–Trinajstić information content (AvgIpc) is 3.73. The van der Waals surface area contributed by atoms with Crippen LogP contribution in [-0.2, 0) is 0 Å². The van der Waals surface area contributed by atoms with E-state index in [0.717, 1.165) is 39.0 Å². The summed E-state index contributed by atoms with van der Waals surface area (Å²) < 4.78 is 0. The molecule has 8 bridgehead atoms. The van der Waals surface area contributed by atoms with E-state index in [1.54, 1.807) is 30.4 Å². The number of nitrogens with one attached hydrogen (secondary N) is 2. The Morgan fingerprint density at radius 3 is 1.16 bits per heavy atom. The third-order valence-electron chi connectivity index (χ3n) is 7.13. The second-order valence-corrected chi connectivity index (χ2v) is 9.83. The minimum absolute atomic E-state index is 0.441. The van der Waals surface area contributed by atoms with E-state index in [9.17, 15) is 0 Å². The summed E-state index contributed by atoms with van der Waals surface area (Å²) in [5.41, 5.74) is 8.33. The molecule has 3 aromatic rings. The first-order chi connectivity index (χ1) is 22.0. The van der Waals surface area contributed by atoms with Crippen LogP contribution in [0, 0.1) is 0 Å². The van der Waals surface area contributed by atoms with Crippen LogP contribution < -0.4 is 0 Å². The lowest BCUT2D eigenvalue weighted by Gasteiger charge is -1.97. The highest BCUT2D eigenvalue weighted by molar-refractivity contribution is 6.01. The van der Waals surface area contributed by atoms with Crippen LogP contribution in [0.3, 0.4) is 0 Å². The van der Waals surface area contributed by atoms with Gasteiger partial charge in [0.25, 0.3) is 0 Å². The Hall–Kier alpha value is -6.02. The van der Waals surface area contributed by atoms with E-state index in [-0.39, 0.29) is 0 Å². The Morgan fingerprint density at radius 2 is 0.800 bits per heavy atom. The van der Waals surface area contributed by atoms with Gasteiger partial charge in [-0.25, -0.2) is 29.9 Å². The highest BCUT2D eigenvalue weighted by Crippen LogP contribution is 2.33. The van der Waals surface area contributed by atoms with Crippen molar-refractivity contribution >= 4 is 69.2 Å². The summed E-state index contributed by atoms with van der Waals surface area (Å²) in [5, 5.41) is 0. The van der Waals surface area contributed by atoms with Crippen molar-refractivity contribution in [3.8, 4) is 0 Å². The predicted octanol–water partition coefficient (Wildman–Crippen LogP) is 8.76. The van der Waals surface area contributed by atoms with E-state index in [1.165, 1.54) is 0 Å². The Kier molecular flexibility index (Phi) is 8.86. The number of allylic oxidation sites excluding steroid dienone is 13. The lowest BCUT2D eigenvalue weighted by Crippen LogP contribution is -1.88. The molecule has 45 heavy (non-hydrogen) atoms. The quantitative estimate of drug-likeness (QED) is 0.241. The number of rotatable bonds is 9. The fourth-order valence-corrected chi connectivity index (χ4v) is 5.19. The molecule has 0 atom stereocenters. The largest absolute Gasteiger partial charge is 0.324 e. The van der Waals surface area contributed by atoms with Gasteiger partial charge in [-0.2, -0.15) is 0 Å². The van der Waals surface area contributed by atoms with E-state index >= 15 is 0 Å². The number of aromatic amines is 2. The van der Waals surface area contributed by atoms with E-state index in [0.29, 0.717) is 51.5 Å². The molecule has 5 rings (SSSR count). The molecule has 8 nitrogen and oxygen atoms in total. The van der Waals surface area contributed by atoms with Crippen molar-refractivity contribution in [2.45, 2.75) is 20.8 Å². The normalized spacial score (nSPS) is 13.6. The zero-order valence-electron chi connectivity index (χ0n) is 25.7. The fourth-order valence-electron chi connectivity index (χ4n) is 5.19. The molecule has 0 aliphatic carbocycles. The second-order valence-electron chi connectivity index (χ2n) is 9.83. The van der Waals surface area contributed by atoms with Crippen LogP contribution in [0.1, 0.15) is 66.3 Å². The molecule has 3 aromatic heterocycles. The van der Waals surface area contributed by atoms with Crippen LogP contribution in [0.2, 0.25) is 0 Å². The maximum absolute atomic E-state index is 4.99. The zero-order chi connectivity index (χ0) is 32.1. The van der Waals surface area contributed by atoms with Crippen molar-refractivity contribution in [3.63, 3.8) is 0 Å². The van der Waals surface area contributed by atoms with Crippen LogP contribution in [0.25, 0.3) is 69.2 Å². The summed E-state index contributed by atoms with van der Waals surface area (Å²) in [6.45, 7) is 25.9. The molecule has 0 saturated heterocycles. The molecular weight excluding hydrogens is 556 g/mol. The van der Waals surface area contributed by atoms with Crippen molar-refractivity contribution in [1.29, 1.82) is 0 Å². The molecule has 0 saturated carbocycles. The van der Waals surface area contributed by atoms with Crippen LogP contribution in [-0.4, -0.2) is 39.9 Å². The standard InChI is InChI=1S/C37H34N8/c1-9-17-21-29-25(16-8)33-43-36-27(19-11-3)23(14-6)31(41-36)39-34-26(18-10-2)22(13-5)30(38-34)40-35-28(20-12-4)24(15-7)32(42-35)44-37(29)45-33/h9-21H,1,5-8H2,2-4H3,(H2,38,39,40,41,42,43,44,45)/b18-10-,19-11-,20-12-,21-17-. The number of fused-ring (bicyclic) bond motifs is 8. The highest BCUT2D eigenvalue weighted by atomic mass is 15.1. The summed E-state index contributed by atoms with van der Waals surface area (Å²) in [6.07, 6.45) is 24.1. The maximum atomic E-state index is 4.99. The lowest BCUT2D eigenvalue weighted by molar-refractivity contribution is 1.10. The summed E-state index contributed by atoms with van der Waals surface area (Å²) >= 11 is 0. The minimum atomic E-state index is 0.441. The van der Waals surface area contributed by atoms with Crippen molar-refractivity contribution in [2.24, 2.45) is 0 Å². The molecular formula is C37H34N8. The number of hydrogen-bond donors (Lipinski definition) is 2. The van der Waals surface area contributed by atoms with Crippen LogP contribution >= 0.6 is 0 Å². The van der Waals surface area contributed by atoms with E-state index in [4.69, 9.17) is 29.9 Å². The molecule has 2 aliphatic heterocycles. The third-order valence-corrected chi connectivity index (χ3v) is 7.13. The first-order valence-electron chi connectivity index (χ1n) is 14.4. The van der Waals surface area contributed by atoms with Gasteiger partial charge in [0, 0.05) is 44.5 Å². The van der Waals surface area contributed by atoms with Crippen LogP contribution in [0.15, 0.2) is 87.6 Å². The van der Waals surface area contributed by atoms with Gasteiger partial charge < -0.3 is 9.97 Å². The lowest BCUT2D eigenvalue weighted by atomic mass is 10.1. The Bertz CT molecular complexity index is 2120. The molecule has 0 aromatic carbocycles. The number of aromatic nitrogens is 8. The van der Waals surface area contributed by atoms with Crippen LogP contribution in [0.5, 0.6) is 0 Å². The molecule has 2 aliphatic rings. The Morgan fingerprint density at radius 1 is 0.422 bits per heavy atom. The van der Waals surface area contributed by atoms with Gasteiger partial charge in [0.1, 0.15) is 22.6 Å². The number of nitrogens with zero attached hydrogens (tertiary/aromatic N) is 6. The molecule has 0 radical (unpaired) electrons. The summed E-state index contributed by atoms with van der Waals surface area (Å²) in [5.74, 6) is 1.82. The van der Waals surface area contributed by atoms with Gasteiger partial charge >= 0.3 is 0 Å². The molecule has 0 fully saturated rings. The van der Waals surface area contributed by atoms with E-state index in [2.05, 4.69) is 42.9 Å². The van der Waals surface area contributed by atoms with Gasteiger partial charge in [-0.1, -0.05) is 112 Å². The maximum Gasteiger partial charge on any atom is 0.164 e. The van der Waals surface area contributed by atoms with Crippen molar-refractivity contribution in [2.75, 3.05) is 0 Å². The summed E-state index contributed by atoms with van der Waals surface area (Å²) in [4.78, 5) is 36.5. The topological polar surface area (TPSA) is 109 Å². The van der Waals surface area contributed by atoms with Crippen molar-refractivity contribution in [1.82, 2.24) is 39.9 Å². The van der Waals surface area contributed by atoms with Crippen LogP contribution in [0.4, 0.5) is 0 Å². The highest BCUT2D eigenvalue weighted by Gasteiger charge is 2.23. The fraction of sp³-hybridized carbons (Fsp3) is 0.0811. The average molecular weight is 591 g/mol. The van der Waals surface area contributed by atoms with Gasteiger partial charge in [0.2, 0.25) is 0 Å². The first-order valence-corrected chi connectivity index (χ1v) is 14.4. The van der Waals surface area contributed by atoms with Crippen molar-refractivity contribution < 1.29 is 0 Å². The smallest absolute Gasteiger partial charge is 0.164 e. The van der Waals surface area contributed by atoms with Gasteiger partial charge in [0.15, 0.2) is 23.3 Å². The molecule has 5 heterocycles. The summed E-state index contributed by atoms with van der Waals surface area (Å²) in [6, 6.07) is 0. The number of hydrogen-bond acceptors (Lipinski definition) is 6.